The van der Waals surface area contributed by atoms with Crippen molar-refractivity contribution in [3.63, 3.8) is 0 Å². The number of hydrogen-bond donors (Lipinski definition) is 1. The summed E-state index contributed by atoms with van der Waals surface area (Å²) in [6.45, 7) is 1.97. The average Bonchev–Trinajstić information content (AvgIpc) is 2.88. The number of anilines is 2. The molecule has 102 valence electrons. The number of carbonyl (C=O) groups excluding carboxylic acids is 1. The summed E-state index contributed by atoms with van der Waals surface area (Å²) in [5.74, 6) is -0.556. The standard InChI is InChI=1S/C13H10BrN3O3/c1-2-19-12(18)11-7-20-13(17-11)16-10-5-9(14)4-3-8(10)6-15/h3-5,7H,2H2,1H3,(H,16,17). The number of benzene rings is 1. The second kappa shape index (κ2) is 6.21. The van der Waals surface area contributed by atoms with Gasteiger partial charge in [0.1, 0.15) is 12.3 Å². The summed E-state index contributed by atoms with van der Waals surface area (Å²) in [6, 6.07) is 7.28. The van der Waals surface area contributed by atoms with Crippen LogP contribution < -0.4 is 5.32 Å². The van der Waals surface area contributed by atoms with Gasteiger partial charge in [0.15, 0.2) is 5.69 Å². The average molecular weight is 336 g/mol. The highest BCUT2D eigenvalue weighted by atomic mass is 79.9. The lowest BCUT2D eigenvalue weighted by Gasteiger charge is -2.04. The van der Waals surface area contributed by atoms with Gasteiger partial charge in [-0.2, -0.15) is 10.2 Å². The number of halogens is 1. The molecule has 2 aromatic rings. The topological polar surface area (TPSA) is 88.1 Å². The van der Waals surface area contributed by atoms with Gasteiger partial charge < -0.3 is 14.5 Å². The molecule has 1 N–H and O–H groups in total. The summed E-state index contributed by atoms with van der Waals surface area (Å²) in [6.07, 6.45) is 1.20. The summed E-state index contributed by atoms with van der Waals surface area (Å²) in [5.41, 5.74) is 1.03. The lowest BCUT2D eigenvalue weighted by Crippen LogP contribution is -2.05. The molecule has 0 aliphatic rings. The predicted octanol–water partition coefficient (Wildman–Crippen LogP) is 3.23. The van der Waals surface area contributed by atoms with E-state index in [1.54, 1.807) is 25.1 Å². The van der Waals surface area contributed by atoms with Gasteiger partial charge in [-0.15, -0.1) is 0 Å². The molecule has 1 aromatic carbocycles. The van der Waals surface area contributed by atoms with Crippen LogP contribution in [0.4, 0.5) is 11.7 Å². The monoisotopic (exact) mass is 335 g/mol. The molecule has 2 rings (SSSR count). The molecule has 6 nitrogen and oxygen atoms in total. The van der Waals surface area contributed by atoms with Crippen molar-refractivity contribution in [2.75, 3.05) is 11.9 Å². The van der Waals surface area contributed by atoms with Gasteiger partial charge in [0.25, 0.3) is 6.01 Å². The van der Waals surface area contributed by atoms with E-state index in [4.69, 9.17) is 14.4 Å². The second-order valence-electron chi connectivity index (χ2n) is 3.69. The molecule has 0 unspecified atom stereocenters. The van der Waals surface area contributed by atoms with E-state index >= 15 is 0 Å². The minimum Gasteiger partial charge on any atom is -0.461 e. The van der Waals surface area contributed by atoms with Crippen molar-refractivity contribution in [1.29, 1.82) is 5.26 Å². The number of nitrogens with one attached hydrogen (secondary N) is 1. The smallest absolute Gasteiger partial charge is 0.360 e. The number of esters is 1. The molecule has 1 aromatic heterocycles. The number of aromatic nitrogens is 1. The predicted molar refractivity (Wildman–Crippen MR) is 74.6 cm³/mol. The molecular formula is C13H10BrN3O3. The molecule has 0 bridgehead atoms. The van der Waals surface area contributed by atoms with Gasteiger partial charge in [-0.05, 0) is 25.1 Å². The summed E-state index contributed by atoms with van der Waals surface area (Å²) >= 11 is 3.31. The van der Waals surface area contributed by atoms with Gasteiger partial charge in [-0.25, -0.2) is 4.79 Å². The van der Waals surface area contributed by atoms with E-state index in [1.807, 2.05) is 6.07 Å². The quantitative estimate of drug-likeness (QED) is 0.863. The fourth-order valence-corrected chi connectivity index (χ4v) is 1.82. The fraction of sp³-hybridized carbons (Fsp3) is 0.154. The van der Waals surface area contributed by atoms with Crippen LogP contribution >= 0.6 is 15.9 Å². The number of hydrogen-bond acceptors (Lipinski definition) is 6. The Bertz CT molecular complexity index is 676. The Morgan fingerprint density at radius 3 is 3.10 bits per heavy atom. The van der Waals surface area contributed by atoms with E-state index in [0.717, 1.165) is 4.47 Å². The van der Waals surface area contributed by atoms with Crippen LogP contribution in [0, 0.1) is 11.3 Å². The zero-order valence-electron chi connectivity index (χ0n) is 10.5. The molecule has 0 fully saturated rings. The van der Waals surface area contributed by atoms with E-state index in [1.165, 1.54) is 6.26 Å². The maximum Gasteiger partial charge on any atom is 0.360 e. The summed E-state index contributed by atoms with van der Waals surface area (Å²) in [4.78, 5) is 15.4. The number of oxazole rings is 1. The Kier molecular flexibility index (Phi) is 4.38. The lowest BCUT2D eigenvalue weighted by atomic mass is 10.2. The van der Waals surface area contributed by atoms with E-state index in [2.05, 4.69) is 26.2 Å². The second-order valence-corrected chi connectivity index (χ2v) is 4.60. The Hall–Kier alpha value is -2.33. The van der Waals surface area contributed by atoms with Crippen molar-refractivity contribution in [3.05, 3.63) is 40.2 Å². The highest BCUT2D eigenvalue weighted by Gasteiger charge is 2.14. The molecule has 0 aliphatic heterocycles. The van der Waals surface area contributed by atoms with Crippen molar-refractivity contribution in [2.24, 2.45) is 0 Å². The molecule has 0 aliphatic carbocycles. The van der Waals surface area contributed by atoms with E-state index in [9.17, 15) is 4.79 Å². The van der Waals surface area contributed by atoms with Crippen LogP contribution in [0.3, 0.4) is 0 Å². The van der Waals surface area contributed by atoms with Crippen molar-refractivity contribution in [1.82, 2.24) is 4.98 Å². The third-order valence-electron chi connectivity index (χ3n) is 2.33. The lowest BCUT2D eigenvalue weighted by molar-refractivity contribution is 0.0519. The maximum absolute atomic E-state index is 11.5. The highest BCUT2D eigenvalue weighted by Crippen LogP contribution is 2.24. The van der Waals surface area contributed by atoms with E-state index in [-0.39, 0.29) is 18.3 Å². The zero-order chi connectivity index (χ0) is 14.5. The molecule has 20 heavy (non-hydrogen) atoms. The largest absolute Gasteiger partial charge is 0.461 e. The molecule has 0 radical (unpaired) electrons. The highest BCUT2D eigenvalue weighted by molar-refractivity contribution is 9.10. The van der Waals surface area contributed by atoms with Crippen molar-refractivity contribution in [2.45, 2.75) is 6.92 Å². The zero-order valence-corrected chi connectivity index (χ0v) is 12.1. The molecular weight excluding hydrogens is 326 g/mol. The Morgan fingerprint density at radius 2 is 2.40 bits per heavy atom. The molecule has 0 saturated carbocycles. The number of nitriles is 1. The van der Waals surface area contributed by atoms with Crippen LogP contribution in [0.5, 0.6) is 0 Å². The maximum atomic E-state index is 11.5. The molecule has 0 spiro atoms. The van der Waals surface area contributed by atoms with Gasteiger partial charge in [-0.3, -0.25) is 0 Å². The van der Waals surface area contributed by atoms with Gasteiger partial charge >= 0.3 is 5.97 Å². The van der Waals surface area contributed by atoms with Crippen LogP contribution in [-0.4, -0.2) is 17.6 Å². The van der Waals surface area contributed by atoms with Crippen molar-refractivity contribution < 1.29 is 13.9 Å². The first-order chi connectivity index (χ1) is 9.63. The molecule has 0 amide bonds. The number of ether oxygens (including phenoxy) is 1. The van der Waals surface area contributed by atoms with Crippen LogP contribution in [-0.2, 0) is 4.74 Å². The van der Waals surface area contributed by atoms with Gasteiger partial charge in [-0.1, -0.05) is 15.9 Å². The Balaban J connectivity index is 2.21. The SMILES string of the molecule is CCOC(=O)c1coc(Nc2cc(Br)ccc2C#N)n1. The third kappa shape index (κ3) is 3.16. The Labute approximate surface area is 123 Å². The normalized spacial score (nSPS) is 9.85. The Morgan fingerprint density at radius 1 is 1.60 bits per heavy atom. The summed E-state index contributed by atoms with van der Waals surface area (Å²) in [5, 5.41) is 11.9. The van der Waals surface area contributed by atoms with Gasteiger partial charge in [0.2, 0.25) is 0 Å². The van der Waals surface area contributed by atoms with Crippen LogP contribution in [0.1, 0.15) is 23.0 Å². The molecule has 7 heteroatoms. The van der Waals surface area contributed by atoms with Crippen molar-refractivity contribution in [3.8, 4) is 6.07 Å². The van der Waals surface area contributed by atoms with Gasteiger partial charge in [0, 0.05) is 4.47 Å². The number of nitrogens with zero attached hydrogens (tertiary/aromatic N) is 2. The first kappa shape index (κ1) is 14.1. The van der Waals surface area contributed by atoms with Crippen LogP contribution in [0.2, 0.25) is 0 Å². The van der Waals surface area contributed by atoms with Crippen LogP contribution in [0.15, 0.2) is 33.4 Å². The minimum atomic E-state index is -0.556. The molecule has 0 saturated heterocycles. The summed E-state index contributed by atoms with van der Waals surface area (Å²) < 4.78 is 10.7. The fourth-order valence-electron chi connectivity index (χ4n) is 1.46. The molecule has 0 atom stereocenters. The first-order valence-corrected chi connectivity index (χ1v) is 6.52. The van der Waals surface area contributed by atoms with Gasteiger partial charge in [0.05, 0.1) is 17.9 Å². The molecule has 1 heterocycles. The third-order valence-corrected chi connectivity index (χ3v) is 2.83. The summed E-state index contributed by atoms with van der Waals surface area (Å²) in [7, 11) is 0. The van der Waals surface area contributed by atoms with Crippen LogP contribution in [0.25, 0.3) is 0 Å². The minimum absolute atomic E-state index is 0.0721. The number of rotatable bonds is 4. The first-order valence-electron chi connectivity index (χ1n) is 5.73. The van der Waals surface area contributed by atoms with Crippen molar-refractivity contribution >= 4 is 33.6 Å². The van der Waals surface area contributed by atoms with E-state index < -0.39 is 5.97 Å². The van der Waals surface area contributed by atoms with E-state index in [0.29, 0.717) is 11.3 Å². The number of carbonyl (C=O) groups is 1.